The molecule has 4 aromatic rings. The number of aromatic nitrogens is 5. The fourth-order valence-corrected chi connectivity index (χ4v) is 3.33. The van der Waals surface area contributed by atoms with Crippen molar-refractivity contribution in [2.75, 3.05) is 11.5 Å². The summed E-state index contributed by atoms with van der Waals surface area (Å²) in [5, 5.41) is 6.98. The summed E-state index contributed by atoms with van der Waals surface area (Å²) in [5.74, 6) is -1.03. The highest BCUT2D eigenvalue weighted by Crippen LogP contribution is 2.25. The Hall–Kier alpha value is -4.35. The number of rotatable bonds is 6. The van der Waals surface area contributed by atoms with Crippen LogP contribution in [-0.2, 0) is 17.7 Å². The van der Waals surface area contributed by atoms with Crippen molar-refractivity contribution in [2.45, 2.75) is 32.9 Å². The van der Waals surface area contributed by atoms with Gasteiger partial charge in [0.15, 0.2) is 0 Å². The molecule has 3 heterocycles. The Kier molecular flexibility index (Phi) is 6.21. The summed E-state index contributed by atoms with van der Waals surface area (Å²) in [5.41, 5.74) is 13.8. The molecule has 1 amide bonds. The third-order valence-corrected chi connectivity index (χ3v) is 4.87. The number of nitrogens with zero attached hydrogens (tertiary/aromatic N) is 5. The number of alkyl carbamates (subject to hydrolysis) is 1. The molecule has 34 heavy (non-hydrogen) atoms. The maximum atomic E-state index is 14.2. The van der Waals surface area contributed by atoms with Gasteiger partial charge in [-0.05, 0) is 25.5 Å². The normalized spacial score (nSPS) is 11.2. The van der Waals surface area contributed by atoms with E-state index in [0.717, 1.165) is 6.20 Å². The Balaban J connectivity index is 1.71. The van der Waals surface area contributed by atoms with Crippen molar-refractivity contribution in [1.29, 1.82) is 0 Å². The van der Waals surface area contributed by atoms with Crippen LogP contribution in [0.2, 0.25) is 0 Å². The van der Waals surface area contributed by atoms with Gasteiger partial charge in [-0.25, -0.2) is 18.6 Å². The van der Waals surface area contributed by atoms with Gasteiger partial charge in [0.25, 0.3) is 5.95 Å². The van der Waals surface area contributed by atoms with Crippen molar-refractivity contribution >= 4 is 28.8 Å². The van der Waals surface area contributed by atoms with Crippen LogP contribution in [0.1, 0.15) is 30.7 Å². The zero-order valence-electron chi connectivity index (χ0n) is 18.4. The van der Waals surface area contributed by atoms with Crippen molar-refractivity contribution in [3.8, 4) is 5.95 Å². The van der Waals surface area contributed by atoms with E-state index < -0.39 is 17.7 Å². The number of pyridine rings is 1. The van der Waals surface area contributed by atoms with Crippen LogP contribution in [0.4, 0.5) is 25.2 Å². The third-order valence-electron chi connectivity index (χ3n) is 4.87. The second-order valence-corrected chi connectivity index (χ2v) is 7.73. The summed E-state index contributed by atoms with van der Waals surface area (Å²) in [7, 11) is 0. The maximum absolute atomic E-state index is 14.2. The first-order chi connectivity index (χ1) is 16.2. The second-order valence-electron chi connectivity index (χ2n) is 7.73. The quantitative estimate of drug-likeness (QED) is 0.391. The largest absolute Gasteiger partial charge is 0.447 e. The molecule has 4 rings (SSSR count). The molecule has 0 saturated heterocycles. The molecule has 10 nitrogen and oxygen atoms in total. The van der Waals surface area contributed by atoms with Crippen molar-refractivity contribution in [2.24, 2.45) is 0 Å². The van der Waals surface area contributed by atoms with Crippen molar-refractivity contribution in [1.82, 2.24) is 30.0 Å². The first-order valence-electron chi connectivity index (χ1n) is 10.4. The van der Waals surface area contributed by atoms with E-state index in [0.29, 0.717) is 16.8 Å². The first kappa shape index (κ1) is 22.8. The van der Waals surface area contributed by atoms with Gasteiger partial charge in [0.1, 0.15) is 28.8 Å². The Labute approximate surface area is 193 Å². The standard InChI is InChI=1S/C22H22F2N8O2/c1-11(2)34-22(33)28-10-14-19(25)29-21(30-20(14)26)32-17-8-13(23)9-27-18(17)16(31-32)7-12-5-3-4-6-15(12)24/h3-6,8-9,11H,7,10H2,1-2H3,(H,28,33)(H4,25,26,29,30). The molecule has 0 saturated carbocycles. The van der Waals surface area contributed by atoms with E-state index in [-0.39, 0.29) is 47.7 Å². The molecule has 0 unspecified atom stereocenters. The Morgan fingerprint density at radius 3 is 2.56 bits per heavy atom. The summed E-state index contributed by atoms with van der Waals surface area (Å²) < 4.78 is 34.5. The highest BCUT2D eigenvalue weighted by molar-refractivity contribution is 5.79. The summed E-state index contributed by atoms with van der Waals surface area (Å²) >= 11 is 0. The number of anilines is 2. The van der Waals surface area contributed by atoms with Crippen molar-refractivity contribution in [3.05, 3.63) is 65.0 Å². The Morgan fingerprint density at radius 1 is 1.18 bits per heavy atom. The SMILES string of the molecule is CC(C)OC(=O)NCc1c(N)nc(-n2nc(Cc3ccccc3F)c3ncc(F)cc32)nc1N. The fraction of sp³-hybridized carbons (Fsp3) is 0.227. The highest BCUT2D eigenvalue weighted by Gasteiger charge is 2.20. The van der Waals surface area contributed by atoms with Gasteiger partial charge in [-0.1, -0.05) is 18.2 Å². The smallest absolute Gasteiger partial charge is 0.407 e. The van der Waals surface area contributed by atoms with E-state index in [9.17, 15) is 13.6 Å². The summed E-state index contributed by atoms with van der Waals surface area (Å²) in [6, 6.07) is 7.48. The molecular weight excluding hydrogens is 446 g/mol. The minimum absolute atomic E-state index is 0.00369. The number of nitrogen functional groups attached to an aromatic ring is 2. The van der Waals surface area contributed by atoms with Crippen LogP contribution in [0, 0.1) is 11.6 Å². The molecule has 0 aliphatic rings. The molecule has 0 aliphatic carbocycles. The number of halogens is 2. The van der Waals surface area contributed by atoms with E-state index in [1.54, 1.807) is 32.0 Å². The molecule has 176 valence electrons. The topological polar surface area (TPSA) is 147 Å². The zero-order valence-corrected chi connectivity index (χ0v) is 18.4. The number of amides is 1. The Bertz CT molecular complexity index is 1350. The number of nitrogens with one attached hydrogen (secondary N) is 1. The second kappa shape index (κ2) is 9.25. The molecule has 5 N–H and O–H groups in total. The first-order valence-corrected chi connectivity index (χ1v) is 10.4. The average Bonchev–Trinajstić information content (AvgIpc) is 3.11. The number of carbonyl (C=O) groups excluding carboxylic acids is 1. The van der Waals surface area contributed by atoms with Crippen molar-refractivity contribution < 1.29 is 18.3 Å². The molecule has 3 aromatic heterocycles. The van der Waals surface area contributed by atoms with Crippen molar-refractivity contribution in [3.63, 3.8) is 0 Å². The highest BCUT2D eigenvalue weighted by atomic mass is 19.1. The fourth-order valence-electron chi connectivity index (χ4n) is 3.33. The van der Waals surface area contributed by atoms with Crippen LogP contribution in [0.5, 0.6) is 0 Å². The summed E-state index contributed by atoms with van der Waals surface area (Å²) in [6.07, 6.45) is 0.220. The molecule has 0 spiro atoms. The lowest BCUT2D eigenvalue weighted by atomic mass is 10.1. The number of hydrogen-bond donors (Lipinski definition) is 3. The lowest BCUT2D eigenvalue weighted by Gasteiger charge is -2.12. The van der Waals surface area contributed by atoms with Crippen LogP contribution in [-0.4, -0.2) is 36.9 Å². The molecule has 0 atom stereocenters. The van der Waals surface area contributed by atoms with Gasteiger partial charge in [0.05, 0.1) is 35.6 Å². The minimum Gasteiger partial charge on any atom is -0.447 e. The van der Waals surface area contributed by atoms with Gasteiger partial charge in [0.2, 0.25) is 0 Å². The molecular formula is C22H22F2N8O2. The van der Waals surface area contributed by atoms with E-state index in [1.807, 2.05) is 0 Å². The minimum atomic E-state index is -0.643. The number of ether oxygens (including phenoxy) is 1. The number of fused-ring (bicyclic) bond motifs is 1. The number of nitrogens with two attached hydrogens (primary N) is 2. The monoisotopic (exact) mass is 468 g/mol. The predicted molar refractivity (Wildman–Crippen MR) is 121 cm³/mol. The van der Waals surface area contributed by atoms with Crippen LogP contribution in [0.25, 0.3) is 17.0 Å². The van der Waals surface area contributed by atoms with Crippen LogP contribution in [0.3, 0.4) is 0 Å². The average molecular weight is 468 g/mol. The zero-order chi connectivity index (χ0) is 24.4. The lowest BCUT2D eigenvalue weighted by Crippen LogP contribution is -2.27. The number of hydrogen-bond acceptors (Lipinski definition) is 8. The van der Waals surface area contributed by atoms with Gasteiger partial charge < -0.3 is 21.5 Å². The molecule has 0 fully saturated rings. The van der Waals surface area contributed by atoms with Gasteiger partial charge in [-0.15, -0.1) is 0 Å². The van der Waals surface area contributed by atoms with Crippen LogP contribution < -0.4 is 16.8 Å². The van der Waals surface area contributed by atoms with E-state index >= 15 is 0 Å². The lowest BCUT2D eigenvalue weighted by molar-refractivity contribution is 0.115. The van der Waals surface area contributed by atoms with Gasteiger partial charge >= 0.3 is 6.09 Å². The van der Waals surface area contributed by atoms with Gasteiger partial charge in [0, 0.05) is 12.5 Å². The maximum Gasteiger partial charge on any atom is 0.407 e. The van der Waals surface area contributed by atoms with Gasteiger partial charge in [-0.2, -0.15) is 19.7 Å². The van der Waals surface area contributed by atoms with E-state index in [1.165, 1.54) is 16.8 Å². The predicted octanol–water partition coefficient (Wildman–Crippen LogP) is 2.88. The molecule has 0 bridgehead atoms. The molecule has 1 aromatic carbocycles. The Morgan fingerprint density at radius 2 is 1.88 bits per heavy atom. The number of benzene rings is 1. The van der Waals surface area contributed by atoms with Crippen LogP contribution >= 0.6 is 0 Å². The van der Waals surface area contributed by atoms with E-state index in [4.69, 9.17) is 16.2 Å². The number of carbonyl (C=O) groups is 1. The summed E-state index contributed by atoms with van der Waals surface area (Å²) in [4.78, 5) is 24.3. The summed E-state index contributed by atoms with van der Waals surface area (Å²) in [6.45, 7) is 3.37. The third kappa shape index (κ3) is 4.70. The van der Waals surface area contributed by atoms with E-state index in [2.05, 4.69) is 25.4 Å². The molecule has 0 aliphatic heterocycles. The van der Waals surface area contributed by atoms with Gasteiger partial charge in [-0.3, -0.25) is 0 Å². The molecule has 12 heteroatoms. The van der Waals surface area contributed by atoms with Crippen LogP contribution in [0.15, 0.2) is 36.5 Å². The molecule has 0 radical (unpaired) electrons.